The normalized spacial score (nSPS) is 10.9. The van der Waals surface area contributed by atoms with Crippen molar-refractivity contribution < 1.29 is 4.79 Å². The first kappa shape index (κ1) is 19.2. The van der Waals surface area contributed by atoms with E-state index in [-0.39, 0.29) is 18.1 Å². The SMILES string of the molecule is O=C(Cn1nc2c(SCc3ccc(Cl)cc3)nccn2c1=O)Nc1ccccc1. The zero-order chi connectivity index (χ0) is 20.2. The van der Waals surface area contributed by atoms with Crippen molar-refractivity contribution in [2.24, 2.45) is 0 Å². The van der Waals surface area contributed by atoms with Gasteiger partial charge < -0.3 is 5.32 Å². The summed E-state index contributed by atoms with van der Waals surface area (Å²) in [6, 6.07) is 16.6. The lowest BCUT2D eigenvalue weighted by Gasteiger charge is -2.03. The van der Waals surface area contributed by atoms with Crippen LogP contribution in [-0.4, -0.2) is 25.1 Å². The molecule has 29 heavy (non-hydrogen) atoms. The number of aromatic nitrogens is 4. The zero-order valence-corrected chi connectivity index (χ0v) is 16.7. The number of fused-ring (bicyclic) bond motifs is 1. The fourth-order valence-corrected chi connectivity index (χ4v) is 3.75. The summed E-state index contributed by atoms with van der Waals surface area (Å²) in [5.41, 5.74) is 1.77. The van der Waals surface area contributed by atoms with Crippen molar-refractivity contribution in [3.63, 3.8) is 0 Å². The molecule has 0 unspecified atom stereocenters. The molecule has 2 aromatic carbocycles. The van der Waals surface area contributed by atoms with Crippen LogP contribution in [0.25, 0.3) is 5.65 Å². The van der Waals surface area contributed by atoms with E-state index in [1.165, 1.54) is 16.2 Å². The Morgan fingerprint density at radius 2 is 1.86 bits per heavy atom. The van der Waals surface area contributed by atoms with E-state index in [0.29, 0.717) is 27.1 Å². The molecule has 0 aliphatic heterocycles. The van der Waals surface area contributed by atoms with Crippen molar-refractivity contribution in [3.05, 3.63) is 88.1 Å². The molecule has 146 valence electrons. The van der Waals surface area contributed by atoms with Crippen LogP contribution >= 0.6 is 23.4 Å². The smallest absolute Gasteiger partial charge is 0.324 e. The lowest BCUT2D eigenvalue weighted by atomic mass is 10.2. The Bertz CT molecular complexity index is 1210. The first-order chi connectivity index (χ1) is 14.1. The molecular formula is C20H16ClN5O2S. The van der Waals surface area contributed by atoms with E-state index in [9.17, 15) is 9.59 Å². The highest BCUT2D eigenvalue weighted by atomic mass is 35.5. The average molecular weight is 426 g/mol. The monoisotopic (exact) mass is 425 g/mol. The van der Waals surface area contributed by atoms with Gasteiger partial charge in [-0.1, -0.05) is 53.7 Å². The minimum absolute atomic E-state index is 0.184. The number of rotatable bonds is 6. The maximum absolute atomic E-state index is 12.6. The summed E-state index contributed by atoms with van der Waals surface area (Å²) in [4.78, 5) is 29.2. The van der Waals surface area contributed by atoms with Crippen LogP contribution in [0.1, 0.15) is 5.56 Å². The van der Waals surface area contributed by atoms with Gasteiger partial charge in [-0.15, -0.1) is 5.10 Å². The minimum atomic E-state index is -0.390. The molecule has 0 bridgehead atoms. The van der Waals surface area contributed by atoms with Crippen molar-refractivity contribution in [2.75, 3.05) is 5.32 Å². The van der Waals surface area contributed by atoms with Crippen LogP contribution in [0.2, 0.25) is 5.02 Å². The van der Waals surface area contributed by atoms with Crippen molar-refractivity contribution in [1.82, 2.24) is 19.2 Å². The summed E-state index contributed by atoms with van der Waals surface area (Å²) in [6.45, 7) is -0.184. The highest BCUT2D eigenvalue weighted by molar-refractivity contribution is 7.98. The molecule has 0 aliphatic carbocycles. The van der Waals surface area contributed by atoms with E-state index in [1.54, 1.807) is 24.5 Å². The Hall–Kier alpha value is -3.10. The summed E-state index contributed by atoms with van der Waals surface area (Å²) < 4.78 is 2.54. The predicted octanol–water partition coefficient (Wildman–Crippen LogP) is 3.48. The summed E-state index contributed by atoms with van der Waals surface area (Å²) in [5.74, 6) is 0.323. The molecule has 7 nitrogen and oxygen atoms in total. The highest BCUT2D eigenvalue weighted by Gasteiger charge is 2.14. The molecule has 0 aliphatic rings. The third-order valence-corrected chi connectivity index (χ3v) is 5.40. The number of thioether (sulfide) groups is 1. The van der Waals surface area contributed by atoms with Gasteiger partial charge >= 0.3 is 5.69 Å². The van der Waals surface area contributed by atoms with Gasteiger partial charge in [-0.2, -0.15) is 0 Å². The first-order valence-corrected chi connectivity index (χ1v) is 10.1. The number of hydrogen-bond donors (Lipinski definition) is 1. The van der Waals surface area contributed by atoms with Crippen molar-refractivity contribution >= 4 is 40.6 Å². The van der Waals surface area contributed by atoms with Crippen molar-refractivity contribution in [2.45, 2.75) is 17.3 Å². The molecule has 0 atom stereocenters. The van der Waals surface area contributed by atoms with Crippen molar-refractivity contribution in [1.29, 1.82) is 0 Å². The number of halogens is 1. The number of carbonyl (C=O) groups is 1. The molecular weight excluding hydrogens is 410 g/mol. The maximum atomic E-state index is 12.6. The van der Waals surface area contributed by atoms with Crippen LogP contribution in [-0.2, 0) is 17.1 Å². The number of para-hydroxylation sites is 1. The quantitative estimate of drug-likeness (QED) is 0.478. The molecule has 2 aromatic heterocycles. The molecule has 1 amide bonds. The van der Waals surface area contributed by atoms with E-state index in [2.05, 4.69) is 15.4 Å². The Balaban J connectivity index is 1.53. The second-order valence-electron chi connectivity index (χ2n) is 6.20. The van der Waals surface area contributed by atoms with Crippen LogP contribution in [0.15, 0.2) is 76.8 Å². The topological polar surface area (TPSA) is 81.3 Å². The van der Waals surface area contributed by atoms with Gasteiger partial charge in [0.1, 0.15) is 11.6 Å². The Labute approximate surface area is 175 Å². The standard InChI is InChI=1S/C20H16ClN5O2S/c21-15-8-6-14(7-9-15)13-29-19-18-24-26(20(28)25(18)11-10-22-19)12-17(27)23-16-4-2-1-3-5-16/h1-11H,12-13H2,(H,23,27). The van der Waals surface area contributed by atoms with Crippen LogP contribution in [0.4, 0.5) is 5.69 Å². The van der Waals surface area contributed by atoms with Gasteiger partial charge in [0.05, 0.1) is 0 Å². The van der Waals surface area contributed by atoms with Crippen molar-refractivity contribution in [3.8, 4) is 0 Å². The predicted molar refractivity (Wildman–Crippen MR) is 113 cm³/mol. The molecule has 0 saturated heterocycles. The molecule has 4 rings (SSSR count). The summed E-state index contributed by atoms with van der Waals surface area (Å²) in [5, 5.41) is 8.36. The Morgan fingerprint density at radius 1 is 1.10 bits per heavy atom. The molecule has 4 aromatic rings. The molecule has 2 heterocycles. The number of hydrogen-bond acceptors (Lipinski definition) is 5. The third-order valence-electron chi connectivity index (χ3n) is 4.11. The largest absolute Gasteiger partial charge is 0.350 e. The molecule has 0 spiro atoms. The summed E-state index contributed by atoms with van der Waals surface area (Å²) >= 11 is 7.38. The fourth-order valence-electron chi connectivity index (χ4n) is 2.72. The van der Waals surface area contributed by atoms with Gasteiger partial charge in [-0.25, -0.2) is 18.9 Å². The lowest BCUT2D eigenvalue weighted by molar-refractivity contribution is -0.117. The Kier molecular flexibility index (Phi) is 5.64. The van der Waals surface area contributed by atoms with Gasteiger partial charge in [0, 0.05) is 28.9 Å². The summed E-state index contributed by atoms with van der Waals surface area (Å²) in [7, 11) is 0. The van der Waals surface area contributed by atoms with Gasteiger partial charge in [-0.05, 0) is 29.8 Å². The van der Waals surface area contributed by atoms with Crippen LogP contribution in [0.5, 0.6) is 0 Å². The number of anilines is 1. The molecule has 0 fully saturated rings. The second kappa shape index (κ2) is 8.50. The number of benzene rings is 2. The van der Waals surface area contributed by atoms with Gasteiger partial charge in [0.25, 0.3) is 0 Å². The number of nitrogens with one attached hydrogen (secondary N) is 1. The van der Waals surface area contributed by atoms with Crippen LogP contribution in [0, 0.1) is 0 Å². The van der Waals surface area contributed by atoms with Crippen LogP contribution in [0.3, 0.4) is 0 Å². The molecule has 1 N–H and O–H groups in total. The summed E-state index contributed by atoms with van der Waals surface area (Å²) in [6.07, 6.45) is 3.09. The average Bonchev–Trinajstić information content (AvgIpc) is 3.04. The van der Waals surface area contributed by atoms with Gasteiger partial charge in [0.15, 0.2) is 5.65 Å². The van der Waals surface area contributed by atoms with Gasteiger partial charge in [0.2, 0.25) is 5.91 Å². The molecule has 0 saturated carbocycles. The maximum Gasteiger partial charge on any atom is 0.350 e. The van der Waals surface area contributed by atoms with E-state index >= 15 is 0 Å². The number of amides is 1. The van der Waals surface area contributed by atoms with Gasteiger partial charge in [-0.3, -0.25) is 4.79 Å². The van der Waals surface area contributed by atoms with Crippen LogP contribution < -0.4 is 11.0 Å². The first-order valence-electron chi connectivity index (χ1n) is 8.76. The fraction of sp³-hybridized carbons (Fsp3) is 0.100. The van der Waals surface area contributed by atoms with E-state index in [1.807, 2.05) is 42.5 Å². The number of carbonyl (C=O) groups excluding carboxylic acids is 1. The Morgan fingerprint density at radius 3 is 2.62 bits per heavy atom. The van der Waals surface area contributed by atoms with E-state index in [4.69, 9.17) is 11.6 Å². The van der Waals surface area contributed by atoms with E-state index < -0.39 is 0 Å². The van der Waals surface area contributed by atoms with E-state index in [0.717, 1.165) is 10.2 Å². The minimum Gasteiger partial charge on any atom is -0.324 e. The second-order valence-corrected chi connectivity index (χ2v) is 7.60. The number of nitrogens with zero attached hydrogens (tertiary/aromatic N) is 4. The third kappa shape index (κ3) is 4.49. The highest BCUT2D eigenvalue weighted by Crippen LogP contribution is 2.24. The lowest BCUT2D eigenvalue weighted by Crippen LogP contribution is -2.28. The molecule has 0 radical (unpaired) electrons. The molecule has 9 heteroatoms. The zero-order valence-electron chi connectivity index (χ0n) is 15.2.